The molecule has 3 N–H and O–H groups in total. The largest absolute Gasteiger partial charge is 0.497 e. The zero-order chi connectivity index (χ0) is 27.5. The number of likely N-dealkylation sites (N-methyl/N-ethyl adjacent to an activating group) is 1. The molecule has 3 aromatic rings. The number of carbonyl (C=O) groups excluding carboxylic acids is 1. The van der Waals surface area contributed by atoms with Crippen molar-refractivity contribution in [3.63, 3.8) is 0 Å². The van der Waals surface area contributed by atoms with Crippen LogP contribution in [0.25, 0.3) is 0 Å². The van der Waals surface area contributed by atoms with Gasteiger partial charge in [0, 0.05) is 36.1 Å². The van der Waals surface area contributed by atoms with Crippen molar-refractivity contribution in [2.24, 2.45) is 0 Å². The lowest BCUT2D eigenvalue weighted by Crippen LogP contribution is -2.34. The van der Waals surface area contributed by atoms with Gasteiger partial charge >= 0.3 is 6.09 Å². The Kier molecular flexibility index (Phi) is 10.2. The number of rotatable bonds is 13. The summed E-state index contributed by atoms with van der Waals surface area (Å²) in [7, 11) is 3.05. The van der Waals surface area contributed by atoms with Gasteiger partial charge in [0.1, 0.15) is 17.3 Å². The number of benzene rings is 2. The Balaban J connectivity index is 1.74. The Bertz CT molecular complexity index is 1230. The van der Waals surface area contributed by atoms with Crippen LogP contribution in [0, 0.1) is 0 Å². The number of nitrogens with zero attached hydrogens (tertiary/aromatic N) is 4. The van der Waals surface area contributed by atoms with Crippen molar-refractivity contribution in [2.75, 3.05) is 50.6 Å². The van der Waals surface area contributed by atoms with E-state index >= 15 is 0 Å². The molecule has 0 atom stereocenters. The molecule has 11 nitrogen and oxygen atoms in total. The molecule has 0 saturated carbocycles. The fraction of sp³-hybridized carbons (Fsp3) is 0.333. The van der Waals surface area contributed by atoms with Crippen molar-refractivity contribution in [3.05, 3.63) is 65.9 Å². The number of carboxylic acid groups (broad SMARTS) is 1. The number of methoxy groups -OCH3 is 2. The Hall–Kier alpha value is -4.38. The van der Waals surface area contributed by atoms with Gasteiger partial charge in [0.25, 0.3) is 5.91 Å². The van der Waals surface area contributed by atoms with E-state index in [0.717, 1.165) is 24.5 Å². The highest BCUT2D eigenvalue weighted by atomic mass is 16.5. The van der Waals surface area contributed by atoms with Gasteiger partial charge in [0.05, 0.1) is 20.8 Å². The minimum Gasteiger partial charge on any atom is -0.497 e. The quantitative estimate of drug-likeness (QED) is 0.305. The van der Waals surface area contributed by atoms with E-state index in [9.17, 15) is 14.7 Å². The normalized spacial score (nSPS) is 10.7. The van der Waals surface area contributed by atoms with Gasteiger partial charge in [-0.05, 0) is 55.6 Å². The molecule has 0 bridgehead atoms. The van der Waals surface area contributed by atoms with E-state index in [2.05, 4.69) is 39.3 Å². The first-order chi connectivity index (χ1) is 18.4. The SMILES string of the molecule is CCN(CC)CCNC(=O)c1cccc(Nc2nccc(N(Cc3cc(OC)ccc3OC)C(=O)O)n2)c1. The molecule has 11 heteroatoms. The summed E-state index contributed by atoms with van der Waals surface area (Å²) in [5.74, 6) is 1.28. The second kappa shape index (κ2) is 13.8. The summed E-state index contributed by atoms with van der Waals surface area (Å²) in [5.41, 5.74) is 1.69. The zero-order valence-electron chi connectivity index (χ0n) is 22.1. The maximum atomic E-state index is 12.6. The first-order valence-corrected chi connectivity index (χ1v) is 12.3. The molecule has 2 amide bonds. The highest BCUT2D eigenvalue weighted by molar-refractivity contribution is 5.95. The average molecular weight is 523 g/mol. The average Bonchev–Trinajstić information content (AvgIpc) is 2.93. The van der Waals surface area contributed by atoms with Gasteiger partial charge in [-0.15, -0.1) is 0 Å². The van der Waals surface area contributed by atoms with Crippen molar-refractivity contribution in [1.29, 1.82) is 0 Å². The standard InChI is InChI=1S/C27H34N6O5/c1-5-32(6-2)15-14-28-25(34)19-8-7-9-21(16-19)30-26-29-13-12-24(31-26)33(27(35)36)18-20-17-22(37-3)10-11-23(20)38-4/h7-13,16-17H,5-6,14-15,18H2,1-4H3,(H,28,34)(H,35,36)(H,29,30,31). The van der Waals surface area contributed by atoms with E-state index in [1.165, 1.54) is 26.5 Å². The van der Waals surface area contributed by atoms with Crippen molar-refractivity contribution >= 4 is 29.5 Å². The molecule has 0 aliphatic carbocycles. The van der Waals surface area contributed by atoms with Crippen LogP contribution < -0.4 is 25.0 Å². The fourth-order valence-corrected chi connectivity index (χ4v) is 3.82. The van der Waals surface area contributed by atoms with Crippen molar-refractivity contribution in [2.45, 2.75) is 20.4 Å². The van der Waals surface area contributed by atoms with Gasteiger partial charge in [0.2, 0.25) is 5.95 Å². The number of amides is 2. The summed E-state index contributed by atoms with van der Waals surface area (Å²) in [6, 6.07) is 13.6. The maximum absolute atomic E-state index is 12.6. The Morgan fingerprint density at radius 1 is 1.03 bits per heavy atom. The van der Waals surface area contributed by atoms with Crippen LogP contribution in [0.3, 0.4) is 0 Å². The van der Waals surface area contributed by atoms with Crippen LogP contribution in [0.5, 0.6) is 11.5 Å². The third-order valence-corrected chi connectivity index (χ3v) is 5.95. The molecule has 38 heavy (non-hydrogen) atoms. The zero-order valence-corrected chi connectivity index (χ0v) is 22.1. The molecule has 1 heterocycles. The molecule has 0 radical (unpaired) electrons. The number of ether oxygens (including phenoxy) is 2. The van der Waals surface area contributed by atoms with Crippen LogP contribution in [0.15, 0.2) is 54.7 Å². The highest BCUT2D eigenvalue weighted by Gasteiger charge is 2.20. The van der Waals surface area contributed by atoms with Crippen LogP contribution in [0.2, 0.25) is 0 Å². The number of anilines is 3. The Morgan fingerprint density at radius 2 is 1.82 bits per heavy atom. The third-order valence-electron chi connectivity index (χ3n) is 5.95. The molecule has 1 aromatic heterocycles. The number of aromatic nitrogens is 2. The van der Waals surface area contributed by atoms with Gasteiger partial charge < -0.3 is 30.1 Å². The third kappa shape index (κ3) is 7.56. The predicted octanol–water partition coefficient (Wildman–Crippen LogP) is 3.99. The van der Waals surface area contributed by atoms with Crippen LogP contribution in [0.1, 0.15) is 29.8 Å². The molecule has 3 rings (SSSR count). The number of nitrogens with one attached hydrogen (secondary N) is 2. The van der Waals surface area contributed by atoms with Crippen LogP contribution in [0.4, 0.5) is 22.2 Å². The van der Waals surface area contributed by atoms with E-state index in [4.69, 9.17) is 9.47 Å². The number of carbonyl (C=O) groups is 2. The van der Waals surface area contributed by atoms with Gasteiger partial charge in [-0.3, -0.25) is 9.69 Å². The molecule has 202 valence electrons. The van der Waals surface area contributed by atoms with E-state index in [0.29, 0.717) is 34.9 Å². The first-order valence-electron chi connectivity index (χ1n) is 12.3. The second-order valence-electron chi connectivity index (χ2n) is 8.27. The topological polar surface area (TPSA) is 129 Å². The second-order valence-corrected chi connectivity index (χ2v) is 8.27. The fourth-order valence-electron chi connectivity index (χ4n) is 3.82. The molecule has 0 aliphatic heterocycles. The lowest BCUT2D eigenvalue weighted by molar-refractivity contribution is 0.0949. The van der Waals surface area contributed by atoms with Gasteiger partial charge in [-0.25, -0.2) is 9.78 Å². The minimum atomic E-state index is -1.19. The Morgan fingerprint density at radius 3 is 2.50 bits per heavy atom. The first kappa shape index (κ1) is 28.2. The summed E-state index contributed by atoms with van der Waals surface area (Å²) in [6.45, 7) is 7.33. The summed E-state index contributed by atoms with van der Waals surface area (Å²) < 4.78 is 10.7. The lowest BCUT2D eigenvalue weighted by Gasteiger charge is -2.20. The van der Waals surface area contributed by atoms with E-state index < -0.39 is 6.09 Å². The number of hydrogen-bond acceptors (Lipinski definition) is 8. The molecule has 0 aliphatic rings. The molecule has 0 unspecified atom stereocenters. The van der Waals surface area contributed by atoms with E-state index in [1.807, 2.05) is 0 Å². The van der Waals surface area contributed by atoms with E-state index in [-0.39, 0.29) is 24.2 Å². The van der Waals surface area contributed by atoms with Gasteiger partial charge in [-0.2, -0.15) is 4.98 Å². The van der Waals surface area contributed by atoms with Crippen LogP contribution in [-0.4, -0.2) is 72.4 Å². The Labute approximate surface area is 222 Å². The molecule has 0 saturated heterocycles. The minimum absolute atomic E-state index is 0.0185. The summed E-state index contributed by atoms with van der Waals surface area (Å²) in [6.07, 6.45) is 0.274. The maximum Gasteiger partial charge on any atom is 0.413 e. The monoisotopic (exact) mass is 522 g/mol. The van der Waals surface area contributed by atoms with Crippen molar-refractivity contribution in [1.82, 2.24) is 20.2 Å². The highest BCUT2D eigenvalue weighted by Crippen LogP contribution is 2.27. The summed E-state index contributed by atoms with van der Waals surface area (Å²) >= 11 is 0. The molecule has 0 spiro atoms. The summed E-state index contributed by atoms with van der Waals surface area (Å²) in [4.78, 5) is 36.7. The lowest BCUT2D eigenvalue weighted by atomic mass is 10.1. The van der Waals surface area contributed by atoms with Crippen molar-refractivity contribution < 1.29 is 24.2 Å². The molecule has 2 aromatic carbocycles. The van der Waals surface area contributed by atoms with Gasteiger partial charge in [-0.1, -0.05) is 19.9 Å². The number of hydrogen-bond donors (Lipinski definition) is 3. The smallest absolute Gasteiger partial charge is 0.413 e. The summed E-state index contributed by atoms with van der Waals surface area (Å²) in [5, 5.41) is 15.9. The predicted molar refractivity (Wildman–Crippen MR) is 146 cm³/mol. The van der Waals surface area contributed by atoms with Crippen LogP contribution in [-0.2, 0) is 6.54 Å². The van der Waals surface area contributed by atoms with Crippen molar-refractivity contribution in [3.8, 4) is 11.5 Å². The van der Waals surface area contributed by atoms with Crippen LogP contribution >= 0.6 is 0 Å². The van der Waals surface area contributed by atoms with E-state index in [1.54, 1.807) is 42.5 Å². The molecular weight excluding hydrogens is 488 g/mol. The molecule has 0 fully saturated rings. The van der Waals surface area contributed by atoms with Gasteiger partial charge in [0.15, 0.2) is 0 Å². The molecular formula is C27H34N6O5.